The molecule has 1 aromatic rings. The molecule has 5 nitrogen and oxygen atoms in total. The van der Waals surface area contributed by atoms with Gasteiger partial charge >= 0.3 is 0 Å². The molecular weight excluding hydrogens is 232 g/mol. The fraction of sp³-hybridized carbons (Fsp3) is 0.462. The van der Waals surface area contributed by atoms with E-state index in [0.29, 0.717) is 18.0 Å². The lowest BCUT2D eigenvalue weighted by Crippen LogP contribution is -2.38. The summed E-state index contributed by atoms with van der Waals surface area (Å²) >= 11 is 0. The highest BCUT2D eigenvalue weighted by molar-refractivity contribution is 5.80. The lowest BCUT2D eigenvalue weighted by Gasteiger charge is -2.15. The molecule has 3 N–H and O–H groups in total. The summed E-state index contributed by atoms with van der Waals surface area (Å²) in [5.74, 6) is 1.19. The summed E-state index contributed by atoms with van der Waals surface area (Å²) < 4.78 is 10.5. The monoisotopic (exact) mass is 252 g/mol. The van der Waals surface area contributed by atoms with Gasteiger partial charge < -0.3 is 20.5 Å². The number of nitrogens with one attached hydrogen (secondary N) is 1. The van der Waals surface area contributed by atoms with Crippen molar-refractivity contribution in [2.75, 3.05) is 20.8 Å². The minimum Gasteiger partial charge on any atom is -0.496 e. The lowest BCUT2D eigenvalue weighted by atomic mass is 10.1. The van der Waals surface area contributed by atoms with Crippen LogP contribution in [0.5, 0.6) is 11.5 Å². The van der Waals surface area contributed by atoms with E-state index in [0.717, 1.165) is 5.56 Å². The molecule has 0 bridgehead atoms. The molecule has 5 heteroatoms. The average molecular weight is 252 g/mol. The molecule has 0 aliphatic heterocycles. The first-order chi connectivity index (χ1) is 8.62. The Balaban J connectivity index is 2.85. The standard InChI is InChI=1S/C13H20N2O3/c1-9(8-14)15-13(16)7-10-11(17-2)5-4-6-12(10)18-3/h4-6,9H,7-8,14H2,1-3H3,(H,15,16)/t9-/m0/s1. The second kappa shape index (κ2) is 6.86. The number of hydrogen-bond acceptors (Lipinski definition) is 4. The highest BCUT2D eigenvalue weighted by Crippen LogP contribution is 2.28. The fourth-order valence-electron chi connectivity index (χ4n) is 1.65. The van der Waals surface area contributed by atoms with Crippen molar-refractivity contribution in [1.29, 1.82) is 0 Å². The minimum absolute atomic E-state index is 0.0433. The van der Waals surface area contributed by atoms with Crippen LogP contribution in [-0.4, -0.2) is 32.7 Å². The third-order valence-electron chi connectivity index (χ3n) is 2.63. The van der Waals surface area contributed by atoms with Crippen LogP contribution in [0.1, 0.15) is 12.5 Å². The predicted octanol–water partition coefficient (Wildman–Crippen LogP) is 0.710. The second-order valence-corrected chi connectivity index (χ2v) is 4.02. The quantitative estimate of drug-likeness (QED) is 0.782. The maximum absolute atomic E-state index is 11.8. The molecule has 0 radical (unpaired) electrons. The van der Waals surface area contributed by atoms with Crippen LogP contribution in [0.15, 0.2) is 18.2 Å². The third-order valence-corrected chi connectivity index (χ3v) is 2.63. The Morgan fingerprint density at radius 1 is 1.33 bits per heavy atom. The van der Waals surface area contributed by atoms with E-state index >= 15 is 0 Å². The Kier molecular flexibility index (Phi) is 5.45. The van der Waals surface area contributed by atoms with E-state index in [9.17, 15) is 4.79 Å². The van der Waals surface area contributed by atoms with Gasteiger partial charge in [-0.1, -0.05) is 6.07 Å². The molecule has 0 spiro atoms. The van der Waals surface area contributed by atoms with E-state index in [4.69, 9.17) is 15.2 Å². The zero-order valence-corrected chi connectivity index (χ0v) is 11.0. The number of ether oxygens (including phenoxy) is 2. The van der Waals surface area contributed by atoms with E-state index in [1.54, 1.807) is 26.4 Å². The molecule has 1 aromatic carbocycles. The topological polar surface area (TPSA) is 73.6 Å². The zero-order chi connectivity index (χ0) is 13.5. The van der Waals surface area contributed by atoms with Crippen molar-refractivity contribution in [3.63, 3.8) is 0 Å². The Hall–Kier alpha value is -1.75. The van der Waals surface area contributed by atoms with Gasteiger partial charge in [0.25, 0.3) is 0 Å². The summed E-state index contributed by atoms with van der Waals surface area (Å²) in [6.45, 7) is 2.27. The number of carbonyl (C=O) groups is 1. The van der Waals surface area contributed by atoms with Crippen LogP contribution in [0.4, 0.5) is 0 Å². The number of rotatable bonds is 6. The first-order valence-corrected chi connectivity index (χ1v) is 5.81. The van der Waals surface area contributed by atoms with E-state index in [1.807, 2.05) is 13.0 Å². The van der Waals surface area contributed by atoms with Crippen molar-refractivity contribution in [2.24, 2.45) is 5.73 Å². The van der Waals surface area contributed by atoms with Crippen LogP contribution in [0, 0.1) is 0 Å². The molecular formula is C13H20N2O3. The largest absolute Gasteiger partial charge is 0.496 e. The maximum Gasteiger partial charge on any atom is 0.224 e. The molecule has 0 aromatic heterocycles. The molecule has 18 heavy (non-hydrogen) atoms. The molecule has 0 aliphatic rings. The summed E-state index contributed by atoms with van der Waals surface area (Å²) in [6.07, 6.45) is 0.206. The predicted molar refractivity (Wildman–Crippen MR) is 69.9 cm³/mol. The van der Waals surface area contributed by atoms with Gasteiger partial charge in [0, 0.05) is 18.2 Å². The van der Waals surface area contributed by atoms with Crippen LogP contribution < -0.4 is 20.5 Å². The van der Waals surface area contributed by atoms with Gasteiger partial charge in [-0.3, -0.25) is 4.79 Å². The molecule has 1 amide bonds. The van der Waals surface area contributed by atoms with Crippen LogP contribution in [0.25, 0.3) is 0 Å². The summed E-state index contributed by atoms with van der Waals surface area (Å²) in [5, 5.41) is 2.81. The molecule has 0 heterocycles. The first kappa shape index (κ1) is 14.3. The molecule has 0 aliphatic carbocycles. The lowest BCUT2D eigenvalue weighted by molar-refractivity contribution is -0.121. The van der Waals surface area contributed by atoms with Gasteiger partial charge in [0.1, 0.15) is 11.5 Å². The van der Waals surface area contributed by atoms with E-state index in [-0.39, 0.29) is 18.4 Å². The van der Waals surface area contributed by atoms with Crippen molar-refractivity contribution < 1.29 is 14.3 Å². The van der Waals surface area contributed by atoms with Crippen LogP contribution >= 0.6 is 0 Å². The second-order valence-electron chi connectivity index (χ2n) is 4.02. The van der Waals surface area contributed by atoms with Crippen molar-refractivity contribution in [3.8, 4) is 11.5 Å². The Morgan fingerprint density at radius 2 is 1.89 bits per heavy atom. The number of amides is 1. The normalized spacial score (nSPS) is 11.8. The number of methoxy groups -OCH3 is 2. The van der Waals surface area contributed by atoms with Gasteiger partial charge in [-0.25, -0.2) is 0 Å². The van der Waals surface area contributed by atoms with Gasteiger partial charge in [0.05, 0.1) is 20.6 Å². The number of hydrogen-bond donors (Lipinski definition) is 2. The Labute approximate surface area is 107 Å². The van der Waals surface area contributed by atoms with Crippen molar-refractivity contribution in [1.82, 2.24) is 5.32 Å². The number of nitrogens with two attached hydrogens (primary N) is 1. The Morgan fingerprint density at radius 3 is 2.33 bits per heavy atom. The van der Waals surface area contributed by atoms with Gasteiger partial charge in [-0.15, -0.1) is 0 Å². The minimum atomic E-state index is -0.101. The first-order valence-electron chi connectivity index (χ1n) is 5.81. The van der Waals surface area contributed by atoms with Crippen molar-refractivity contribution in [2.45, 2.75) is 19.4 Å². The SMILES string of the molecule is COc1cccc(OC)c1CC(=O)N[C@@H](C)CN. The number of carbonyl (C=O) groups excluding carboxylic acids is 1. The molecule has 0 fully saturated rings. The maximum atomic E-state index is 11.8. The van der Waals surface area contributed by atoms with Crippen LogP contribution in [0.3, 0.4) is 0 Å². The van der Waals surface area contributed by atoms with E-state index in [1.165, 1.54) is 0 Å². The molecule has 100 valence electrons. The summed E-state index contributed by atoms with van der Waals surface area (Å²) in [4.78, 5) is 11.8. The van der Waals surface area contributed by atoms with Gasteiger partial charge in [-0.2, -0.15) is 0 Å². The summed E-state index contributed by atoms with van der Waals surface area (Å²) in [6, 6.07) is 5.38. The van der Waals surface area contributed by atoms with Gasteiger partial charge in [0.2, 0.25) is 5.91 Å². The molecule has 1 atom stereocenters. The van der Waals surface area contributed by atoms with Crippen molar-refractivity contribution in [3.05, 3.63) is 23.8 Å². The zero-order valence-electron chi connectivity index (χ0n) is 11.0. The smallest absolute Gasteiger partial charge is 0.224 e. The average Bonchev–Trinajstić information content (AvgIpc) is 2.38. The Bertz CT molecular complexity index is 385. The third kappa shape index (κ3) is 3.63. The molecule has 0 unspecified atom stereocenters. The van der Waals surface area contributed by atoms with E-state index in [2.05, 4.69) is 5.32 Å². The molecule has 1 rings (SSSR count). The van der Waals surface area contributed by atoms with Crippen molar-refractivity contribution >= 4 is 5.91 Å². The van der Waals surface area contributed by atoms with Gasteiger partial charge in [0.15, 0.2) is 0 Å². The molecule has 0 saturated carbocycles. The molecule has 0 saturated heterocycles. The van der Waals surface area contributed by atoms with Crippen LogP contribution in [0.2, 0.25) is 0 Å². The highest BCUT2D eigenvalue weighted by Gasteiger charge is 2.14. The van der Waals surface area contributed by atoms with E-state index < -0.39 is 0 Å². The highest BCUT2D eigenvalue weighted by atomic mass is 16.5. The van der Waals surface area contributed by atoms with Crippen LogP contribution in [-0.2, 0) is 11.2 Å². The fourth-order valence-corrected chi connectivity index (χ4v) is 1.65. The summed E-state index contributed by atoms with van der Waals surface area (Å²) in [7, 11) is 3.14. The summed E-state index contributed by atoms with van der Waals surface area (Å²) in [5.41, 5.74) is 6.20. The number of benzene rings is 1. The van der Waals surface area contributed by atoms with Gasteiger partial charge in [-0.05, 0) is 19.1 Å².